The van der Waals surface area contributed by atoms with E-state index in [1.807, 2.05) is 12.4 Å². The van der Waals surface area contributed by atoms with Crippen LogP contribution in [0.5, 0.6) is 0 Å². The van der Waals surface area contributed by atoms with Crippen molar-refractivity contribution < 1.29 is 19.8 Å². The summed E-state index contributed by atoms with van der Waals surface area (Å²) in [5.41, 5.74) is 1.21. The Kier molecular flexibility index (Phi) is 8.16. The molecule has 22 heavy (non-hydrogen) atoms. The smallest absolute Gasteiger partial charge is 0.328 e. The van der Waals surface area contributed by atoms with Gasteiger partial charge in [-0.25, -0.2) is 9.59 Å². The van der Waals surface area contributed by atoms with Gasteiger partial charge in [0.1, 0.15) is 0 Å². The third-order valence-corrected chi connectivity index (χ3v) is 3.20. The molecule has 0 bridgehead atoms. The molecule has 7 nitrogen and oxygen atoms in total. The van der Waals surface area contributed by atoms with Gasteiger partial charge in [-0.05, 0) is 35.0 Å². The summed E-state index contributed by atoms with van der Waals surface area (Å²) in [5.74, 6) is -2.51. The van der Waals surface area contributed by atoms with E-state index in [9.17, 15) is 9.59 Å². The Morgan fingerprint density at radius 1 is 1.18 bits per heavy atom. The van der Waals surface area contributed by atoms with Crippen molar-refractivity contribution in [2.45, 2.75) is 6.42 Å². The topological polar surface area (TPSA) is 103 Å². The molecular formula is C14H18BrN3O4. The van der Waals surface area contributed by atoms with E-state index in [0.717, 1.165) is 30.7 Å². The van der Waals surface area contributed by atoms with Crippen LogP contribution in [-0.2, 0) is 9.59 Å². The molecule has 1 aromatic heterocycles. The van der Waals surface area contributed by atoms with Gasteiger partial charge in [-0.3, -0.25) is 4.98 Å². The molecule has 0 unspecified atom stereocenters. The lowest BCUT2D eigenvalue weighted by molar-refractivity contribution is -0.134. The number of carboxylic acid groups (broad SMARTS) is 2. The van der Waals surface area contributed by atoms with Crippen LogP contribution in [0.2, 0.25) is 0 Å². The number of hydrogen-bond donors (Lipinski definition) is 3. The molecule has 120 valence electrons. The summed E-state index contributed by atoms with van der Waals surface area (Å²) >= 11 is 3.44. The van der Waals surface area contributed by atoms with Crippen LogP contribution >= 0.6 is 15.9 Å². The predicted molar refractivity (Wildman–Crippen MR) is 86.0 cm³/mol. The number of hydrogen-bond acceptors (Lipinski definition) is 5. The molecule has 2 heterocycles. The van der Waals surface area contributed by atoms with E-state index in [1.54, 1.807) is 0 Å². The molecule has 0 spiro atoms. The Morgan fingerprint density at radius 2 is 1.86 bits per heavy atom. The van der Waals surface area contributed by atoms with Gasteiger partial charge < -0.3 is 20.4 Å². The van der Waals surface area contributed by atoms with Crippen LogP contribution in [0.4, 0.5) is 5.69 Å². The van der Waals surface area contributed by atoms with Crippen LogP contribution in [0.1, 0.15) is 6.42 Å². The Labute approximate surface area is 136 Å². The van der Waals surface area contributed by atoms with Gasteiger partial charge in [0, 0.05) is 42.5 Å². The number of pyridine rings is 1. The Balaban J connectivity index is 0.000000261. The Morgan fingerprint density at radius 3 is 2.45 bits per heavy atom. The summed E-state index contributed by atoms with van der Waals surface area (Å²) in [6.07, 6.45) is 6.06. The van der Waals surface area contributed by atoms with E-state index in [2.05, 4.69) is 37.2 Å². The third kappa shape index (κ3) is 7.75. The highest BCUT2D eigenvalue weighted by molar-refractivity contribution is 9.10. The number of nitrogens with one attached hydrogen (secondary N) is 1. The molecule has 2 rings (SSSR count). The zero-order valence-electron chi connectivity index (χ0n) is 11.9. The highest BCUT2D eigenvalue weighted by atomic mass is 79.9. The van der Waals surface area contributed by atoms with Crippen molar-refractivity contribution in [2.24, 2.45) is 0 Å². The first-order chi connectivity index (χ1) is 10.5. The number of rotatable bonds is 3. The maximum Gasteiger partial charge on any atom is 0.328 e. The molecule has 0 atom stereocenters. The summed E-state index contributed by atoms with van der Waals surface area (Å²) in [6, 6.07) is 2.12. The van der Waals surface area contributed by atoms with Gasteiger partial charge in [0.15, 0.2) is 0 Å². The molecule has 3 N–H and O–H groups in total. The minimum atomic E-state index is -1.26. The van der Waals surface area contributed by atoms with Gasteiger partial charge in [0.25, 0.3) is 0 Å². The molecule has 1 saturated heterocycles. The molecule has 1 aliphatic heterocycles. The number of anilines is 1. The molecule has 0 aliphatic carbocycles. The van der Waals surface area contributed by atoms with Crippen LogP contribution in [0.25, 0.3) is 0 Å². The second kappa shape index (κ2) is 9.91. The van der Waals surface area contributed by atoms with E-state index < -0.39 is 11.9 Å². The molecular weight excluding hydrogens is 354 g/mol. The molecule has 0 saturated carbocycles. The van der Waals surface area contributed by atoms with Crippen molar-refractivity contribution in [3.63, 3.8) is 0 Å². The lowest BCUT2D eigenvalue weighted by Crippen LogP contribution is -2.27. The summed E-state index contributed by atoms with van der Waals surface area (Å²) in [5, 5.41) is 19.0. The van der Waals surface area contributed by atoms with Gasteiger partial charge in [-0.1, -0.05) is 0 Å². The Bertz CT molecular complexity index is 513. The van der Waals surface area contributed by atoms with Crippen molar-refractivity contribution in [1.82, 2.24) is 10.3 Å². The fraction of sp³-hybridized carbons (Fsp3) is 0.357. The second-order valence-corrected chi connectivity index (χ2v) is 5.38. The highest BCUT2D eigenvalue weighted by Crippen LogP contribution is 2.18. The molecule has 8 heteroatoms. The maximum absolute atomic E-state index is 9.55. The first-order valence-electron chi connectivity index (χ1n) is 6.69. The van der Waals surface area contributed by atoms with Gasteiger partial charge >= 0.3 is 11.9 Å². The SMILES string of the molecule is Brc1cncc(N2CCCNCC2)c1.O=C(O)/C=C/C(=O)O. The zero-order valence-corrected chi connectivity index (χ0v) is 13.5. The van der Waals surface area contributed by atoms with Crippen LogP contribution in [-0.4, -0.2) is 53.3 Å². The maximum atomic E-state index is 9.55. The molecule has 0 aromatic carbocycles. The van der Waals surface area contributed by atoms with E-state index in [1.165, 1.54) is 12.1 Å². The van der Waals surface area contributed by atoms with Crippen LogP contribution < -0.4 is 10.2 Å². The average molecular weight is 372 g/mol. The summed E-state index contributed by atoms with van der Waals surface area (Å²) in [6.45, 7) is 4.37. The summed E-state index contributed by atoms with van der Waals surface area (Å²) < 4.78 is 1.05. The Hall–Kier alpha value is -1.93. The quantitative estimate of drug-likeness (QED) is 0.689. The minimum Gasteiger partial charge on any atom is -0.478 e. The predicted octanol–water partition coefficient (Wildman–Crippen LogP) is 1.36. The molecule has 1 aromatic rings. The van der Waals surface area contributed by atoms with Crippen molar-refractivity contribution in [3.05, 3.63) is 35.1 Å². The van der Waals surface area contributed by atoms with Crippen LogP contribution in [0.15, 0.2) is 35.1 Å². The highest BCUT2D eigenvalue weighted by Gasteiger charge is 2.09. The summed E-state index contributed by atoms with van der Waals surface area (Å²) in [7, 11) is 0. The van der Waals surface area contributed by atoms with E-state index in [0.29, 0.717) is 12.2 Å². The summed E-state index contributed by atoms with van der Waals surface area (Å²) in [4.78, 5) is 25.7. The average Bonchev–Trinajstić information content (AvgIpc) is 2.75. The van der Waals surface area contributed by atoms with Crippen LogP contribution in [0.3, 0.4) is 0 Å². The number of aliphatic carboxylic acids is 2. The number of carboxylic acids is 2. The molecule has 1 fully saturated rings. The lowest BCUT2D eigenvalue weighted by Gasteiger charge is -2.21. The van der Waals surface area contributed by atoms with Crippen molar-refractivity contribution >= 4 is 33.6 Å². The molecule has 0 radical (unpaired) electrons. The fourth-order valence-electron chi connectivity index (χ4n) is 1.82. The largest absolute Gasteiger partial charge is 0.478 e. The molecule has 0 amide bonds. The third-order valence-electron chi connectivity index (χ3n) is 2.76. The first-order valence-corrected chi connectivity index (χ1v) is 7.48. The fourth-order valence-corrected chi connectivity index (χ4v) is 2.17. The van der Waals surface area contributed by atoms with E-state index >= 15 is 0 Å². The normalized spacial score (nSPS) is 14.9. The lowest BCUT2D eigenvalue weighted by atomic mass is 10.3. The van der Waals surface area contributed by atoms with Gasteiger partial charge in [-0.2, -0.15) is 0 Å². The monoisotopic (exact) mass is 371 g/mol. The van der Waals surface area contributed by atoms with Gasteiger partial charge in [-0.15, -0.1) is 0 Å². The van der Waals surface area contributed by atoms with Gasteiger partial charge in [0.2, 0.25) is 0 Å². The number of aromatic nitrogens is 1. The standard InChI is InChI=1S/C10H14BrN3.C4H4O4/c11-9-6-10(8-13-7-9)14-4-1-2-12-3-5-14;5-3(6)1-2-4(7)8/h6-8,12H,1-5H2;1-2H,(H,5,6)(H,7,8)/b;2-1+. The van der Waals surface area contributed by atoms with Crippen molar-refractivity contribution in [2.75, 3.05) is 31.1 Å². The van der Waals surface area contributed by atoms with E-state index in [-0.39, 0.29) is 0 Å². The second-order valence-electron chi connectivity index (χ2n) is 4.46. The number of halogens is 1. The first kappa shape index (κ1) is 18.1. The van der Waals surface area contributed by atoms with Crippen molar-refractivity contribution in [1.29, 1.82) is 0 Å². The zero-order chi connectivity index (χ0) is 16.4. The van der Waals surface area contributed by atoms with Crippen molar-refractivity contribution in [3.8, 4) is 0 Å². The van der Waals surface area contributed by atoms with Gasteiger partial charge in [0.05, 0.1) is 11.9 Å². The molecule has 1 aliphatic rings. The minimum absolute atomic E-state index is 0.558. The number of nitrogens with zero attached hydrogens (tertiary/aromatic N) is 2. The van der Waals surface area contributed by atoms with E-state index in [4.69, 9.17) is 10.2 Å². The number of carbonyl (C=O) groups is 2. The van der Waals surface area contributed by atoms with Crippen LogP contribution in [0, 0.1) is 0 Å².